The Hall–Kier alpha value is -4.34. The van der Waals surface area contributed by atoms with Gasteiger partial charge in [-0.1, -0.05) is 12.1 Å². The first-order valence-corrected chi connectivity index (χ1v) is 9.85. The van der Waals surface area contributed by atoms with Gasteiger partial charge in [0.2, 0.25) is 0 Å². The first kappa shape index (κ1) is 22.8. The van der Waals surface area contributed by atoms with Crippen LogP contribution in [-0.4, -0.2) is 29.0 Å². The zero-order chi connectivity index (χ0) is 24.6. The molecule has 0 atom stereocenters. The molecule has 0 saturated heterocycles. The molecule has 0 aliphatic carbocycles. The monoisotopic (exact) mass is 473 g/mol. The van der Waals surface area contributed by atoms with Crippen LogP contribution in [0.15, 0.2) is 57.4 Å². The maximum atomic E-state index is 14.2. The predicted molar refractivity (Wildman–Crippen MR) is 116 cm³/mol. The number of aliphatic hydroxyl groups excluding tert-OH is 1. The Labute approximate surface area is 189 Å². The second-order valence-electron chi connectivity index (χ2n) is 7.03. The average Bonchev–Trinajstić information content (AvgIpc) is 3.19. The summed E-state index contributed by atoms with van der Waals surface area (Å²) in [5, 5.41) is 21.7. The number of carbonyl (C=O) groups excluding carboxylic acids is 1. The van der Waals surface area contributed by atoms with Gasteiger partial charge < -0.3 is 19.4 Å². The third kappa shape index (κ3) is 3.94. The van der Waals surface area contributed by atoms with Crippen LogP contribution in [0.1, 0.15) is 12.5 Å². The van der Waals surface area contributed by atoms with Gasteiger partial charge in [-0.3, -0.25) is 4.99 Å². The van der Waals surface area contributed by atoms with Crippen LogP contribution >= 0.6 is 0 Å². The Morgan fingerprint density at radius 3 is 2.56 bits per heavy atom. The fourth-order valence-electron chi connectivity index (χ4n) is 3.30. The molecular weight excluding hydrogens is 458 g/mol. The number of aliphatic hydroxyl groups is 1. The highest BCUT2D eigenvalue weighted by Crippen LogP contribution is 2.35. The molecule has 4 aromatic rings. The highest BCUT2D eigenvalue weighted by Gasteiger charge is 2.25. The molecule has 0 bridgehead atoms. The van der Waals surface area contributed by atoms with Crippen LogP contribution in [0.3, 0.4) is 0 Å². The highest BCUT2D eigenvalue weighted by atomic mass is 19.2. The first-order valence-electron chi connectivity index (χ1n) is 9.85. The minimum Gasteiger partial charge on any atom is -0.506 e. The molecule has 0 saturated carbocycles. The second kappa shape index (κ2) is 8.89. The molecule has 0 radical (unpaired) electrons. The van der Waals surface area contributed by atoms with Gasteiger partial charge in [-0.25, -0.2) is 22.4 Å². The lowest BCUT2D eigenvalue weighted by Gasteiger charge is -2.09. The van der Waals surface area contributed by atoms with Crippen molar-refractivity contribution in [3.63, 3.8) is 0 Å². The number of hydrogen-bond acceptors (Lipinski definition) is 6. The Bertz CT molecular complexity index is 1510. The molecular formula is C24H15F4NO5. The molecule has 1 heterocycles. The molecule has 10 heteroatoms. The molecule has 34 heavy (non-hydrogen) atoms. The van der Waals surface area contributed by atoms with E-state index in [0.29, 0.717) is 16.4 Å². The molecule has 0 aliphatic heterocycles. The number of aromatic hydroxyl groups is 1. The van der Waals surface area contributed by atoms with Crippen molar-refractivity contribution in [2.75, 3.05) is 6.61 Å². The molecule has 6 nitrogen and oxygen atoms in total. The molecule has 0 amide bonds. The fraction of sp³-hybridized carbons (Fsp3) is 0.0833. The molecule has 0 unspecified atom stereocenters. The number of carbonyl (C=O) groups is 1. The number of aliphatic imine (C=N–C) groups is 1. The number of phenols is 1. The van der Waals surface area contributed by atoms with Gasteiger partial charge in [0.25, 0.3) is 0 Å². The Morgan fingerprint density at radius 2 is 1.82 bits per heavy atom. The van der Waals surface area contributed by atoms with Crippen LogP contribution in [0.25, 0.3) is 27.7 Å². The number of benzene rings is 3. The maximum Gasteiger partial charge on any atom is 0.343 e. The van der Waals surface area contributed by atoms with E-state index in [0.717, 1.165) is 6.21 Å². The van der Waals surface area contributed by atoms with Crippen molar-refractivity contribution in [3.8, 4) is 5.75 Å². The highest BCUT2D eigenvalue weighted by molar-refractivity contribution is 6.15. The molecule has 174 valence electrons. The lowest BCUT2D eigenvalue weighted by Crippen LogP contribution is -2.12. The van der Waals surface area contributed by atoms with Gasteiger partial charge in [0.05, 0.1) is 17.9 Å². The molecule has 4 rings (SSSR count). The van der Waals surface area contributed by atoms with E-state index in [-0.39, 0.29) is 29.7 Å². The van der Waals surface area contributed by atoms with Gasteiger partial charge in [-0.05, 0) is 31.2 Å². The summed E-state index contributed by atoms with van der Waals surface area (Å²) in [6, 6.07) is 9.73. The van der Waals surface area contributed by atoms with Gasteiger partial charge in [-0.15, -0.1) is 0 Å². The van der Waals surface area contributed by atoms with E-state index < -0.39 is 46.1 Å². The van der Waals surface area contributed by atoms with E-state index in [2.05, 4.69) is 4.99 Å². The summed E-state index contributed by atoms with van der Waals surface area (Å²) in [4.78, 5) is 16.4. The lowest BCUT2D eigenvalue weighted by atomic mass is 10.1. The number of fused-ring (bicyclic) bond motifs is 3. The number of para-hydroxylation sites is 1. The molecule has 0 aliphatic rings. The van der Waals surface area contributed by atoms with Crippen LogP contribution in [0.5, 0.6) is 5.75 Å². The number of esters is 1. The molecule has 0 fully saturated rings. The summed E-state index contributed by atoms with van der Waals surface area (Å²) in [5.74, 6) is -10.3. The first-order chi connectivity index (χ1) is 16.2. The van der Waals surface area contributed by atoms with Crippen LogP contribution in [-0.2, 0) is 9.53 Å². The third-order valence-corrected chi connectivity index (χ3v) is 4.91. The summed E-state index contributed by atoms with van der Waals surface area (Å²) < 4.78 is 65.2. The summed E-state index contributed by atoms with van der Waals surface area (Å²) >= 11 is 0. The van der Waals surface area contributed by atoms with Gasteiger partial charge in [0, 0.05) is 23.1 Å². The van der Waals surface area contributed by atoms with E-state index in [1.165, 1.54) is 25.1 Å². The number of ether oxygens (including phenoxy) is 1. The van der Waals surface area contributed by atoms with Crippen molar-refractivity contribution < 1.29 is 41.7 Å². The number of rotatable bonds is 5. The van der Waals surface area contributed by atoms with Crippen molar-refractivity contribution >= 4 is 45.6 Å². The quantitative estimate of drug-likeness (QED) is 0.0697. The zero-order valence-electron chi connectivity index (χ0n) is 17.4. The predicted octanol–water partition coefficient (Wildman–Crippen LogP) is 6.08. The van der Waals surface area contributed by atoms with Crippen molar-refractivity contribution in [2.24, 2.45) is 4.99 Å². The molecule has 2 N–H and O–H groups in total. The van der Waals surface area contributed by atoms with E-state index in [4.69, 9.17) is 9.15 Å². The Kier molecular flexibility index (Phi) is 5.97. The van der Waals surface area contributed by atoms with Gasteiger partial charge >= 0.3 is 5.97 Å². The molecule has 1 aromatic heterocycles. The number of hydrogen-bond donors (Lipinski definition) is 2. The standard InChI is InChI=1S/C24H15F4NO5/c1-2-33-24(32)15(22(31)14-9-16(25)20(27)21(28)19(14)26)10-29-11-6-7-12-13-4-3-5-17(30)23(13)34-18(12)8-11/h3-10,30-31H,2H2,1H3. The number of halogens is 4. The smallest absolute Gasteiger partial charge is 0.343 e. The normalized spacial score (nSPS) is 12.5. The van der Waals surface area contributed by atoms with Crippen molar-refractivity contribution in [1.82, 2.24) is 0 Å². The largest absolute Gasteiger partial charge is 0.506 e. The van der Waals surface area contributed by atoms with Crippen LogP contribution in [0.4, 0.5) is 23.2 Å². The van der Waals surface area contributed by atoms with Gasteiger partial charge in [-0.2, -0.15) is 0 Å². The van der Waals surface area contributed by atoms with Crippen molar-refractivity contribution in [2.45, 2.75) is 6.92 Å². The number of nitrogens with zero attached hydrogens (tertiary/aromatic N) is 1. The summed E-state index contributed by atoms with van der Waals surface area (Å²) in [5.41, 5.74) is -0.981. The second-order valence-corrected chi connectivity index (χ2v) is 7.03. The van der Waals surface area contributed by atoms with Crippen molar-refractivity contribution in [1.29, 1.82) is 0 Å². The van der Waals surface area contributed by atoms with Crippen LogP contribution in [0, 0.1) is 23.3 Å². The molecule has 0 spiro atoms. The zero-order valence-corrected chi connectivity index (χ0v) is 17.4. The third-order valence-electron chi connectivity index (χ3n) is 4.91. The topological polar surface area (TPSA) is 92.3 Å². The van der Waals surface area contributed by atoms with Crippen molar-refractivity contribution in [3.05, 3.63) is 76.9 Å². The molecule has 3 aromatic carbocycles. The van der Waals surface area contributed by atoms with Gasteiger partial charge in [0.15, 0.2) is 34.6 Å². The maximum absolute atomic E-state index is 14.2. The SMILES string of the molecule is CCOC(=O)C(C=Nc1ccc2c(c1)oc1c(O)cccc12)=C(O)c1cc(F)c(F)c(F)c1F. The summed E-state index contributed by atoms with van der Waals surface area (Å²) in [7, 11) is 0. The van der Waals surface area contributed by atoms with Gasteiger partial charge in [0.1, 0.15) is 16.9 Å². The van der Waals surface area contributed by atoms with E-state index in [9.17, 15) is 32.6 Å². The average molecular weight is 473 g/mol. The minimum atomic E-state index is -2.15. The van der Waals surface area contributed by atoms with Crippen LogP contribution in [0.2, 0.25) is 0 Å². The Balaban J connectivity index is 1.81. The van der Waals surface area contributed by atoms with E-state index >= 15 is 0 Å². The van der Waals surface area contributed by atoms with Crippen LogP contribution < -0.4 is 0 Å². The Morgan fingerprint density at radius 1 is 1.06 bits per heavy atom. The fourth-order valence-corrected chi connectivity index (χ4v) is 3.30. The number of phenolic OH excluding ortho intramolecular Hbond substituents is 1. The minimum absolute atomic E-state index is 0.0583. The summed E-state index contributed by atoms with van der Waals surface area (Å²) in [6.07, 6.45) is 0.813. The van der Waals surface area contributed by atoms with E-state index in [1.807, 2.05) is 0 Å². The summed E-state index contributed by atoms with van der Waals surface area (Å²) in [6.45, 7) is 1.33. The number of furan rings is 1. The van der Waals surface area contributed by atoms with E-state index in [1.54, 1.807) is 18.2 Å². The lowest BCUT2D eigenvalue weighted by molar-refractivity contribution is -0.137.